The van der Waals surface area contributed by atoms with Gasteiger partial charge in [0.15, 0.2) is 0 Å². The highest BCUT2D eigenvalue weighted by Crippen LogP contribution is 2.26. The lowest BCUT2D eigenvalue weighted by molar-refractivity contribution is -0.128. The van der Waals surface area contributed by atoms with Crippen LogP contribution in [0, 0.1) is 5.92 Å². The van der Waals surface area contributed by atoms with Gasteiger partial charge in [-0.2, -0.15) is 0 Å². The number of hydrogen-bond acceptors (Lipinski definition) is 4. The summed E-state index contributed by atoms with van der Waals surface area (Å²) in [7, 11) is 0. The SMILES string of the molecule is O=C1C[C@H](Nc2cnc3ccccc3n2)CN1CC1CCCCC1. The average molecular weight is 324 g/mol. The van der Waals surface area contributed by atoms with E-state index < -0.39 is 0 Å². The summed E-state index contributed by atoms with van der Waals surface area (Å²) in [6.07, 6.45) is 8.87. The molecule has 1 aromatic carbocycles. The molecule has 126 valence electrons. The number of carbonyl (C=O) groups is 1. The van der Waals surface area contributed by atoms with Gasteiger partial charge in [0.25, 0.3) is 0 Å². The summed E-state index contributed by atoms with van der Waals surface area (Å²) >= 11 is 0. The molecule has 2 heterocycles. The predicted molar refractivity (Wildman–Crippen MR) is 94.7 cm³/mol. The number of hydrogen-bond donors (Lipinski definition) is 1. The van der Waals surface area contributed by atoms with Crippen LogP contribution in [0.25, 0.3) is 11.0 Å². The first-order valence-corrected chi connectivity index (χ1v) is 9.04. The van der Waals surface area contributed by atoms with Crippen LogP contribution in [0.15, 0.2) is 30.5 Å². The molecule has 2 aliphatic rings. The van der Waals surface area contributed by atoms with Crippen LogP contribution in [0.5, 0.6) is 0 Å². The number of rotatable bonds is 4. The Bertz CT molecular complexity index is 726. The Balaban J connectivity index is 1.38. The fourth-order valence-electron chi connectivity index (χ4n) is 3.96. The number of fused-ring (bicyclic) bond motifs is 1. The Morgan fingerprint density at radius 2 is 1.92 bits per heavy atom. The second-order valence-electron chi connectivity index (χ2n) is 7.09. The van der Waals surface area contributed by atoms with Crippen molar-refractivity contribution in [2.24, 2.45) is 5.92 Å². The van der Waals surface area contributed by atoms with Gasteiger partial charge in [-0.3, -0.25) is 9.78 Å². The van der Waals surface area contributed by atoms with Crippen molar-refractivity contribution in [3.05, 3.63) is 30.5 Å². The maximum Gasteiger partial charge on any atom is 0.224 e. The number of aromatic nitrogens is 2. The van der Waals surface area contributed by atoms with E-state index in [4.69, 9.17) is 0 Å². The molecule has 5 heteroatoms. The smallest absolute Gasteiger partial charge is 0.224 e. The monoisotopic (exact) mass is 324 g/mol. The third-order valence-corrected chi connectivity index (χ3v) is 5.22. The predicted octanol–water partition coefficient (Wildman–Crippen LogP) is 3.22. The van der Waals surface area contributed by atoms with Gasteiger partial charge in [-0.15, -0.1) is 0 Å². The molecule has 2 aromatic rings. The maximum atomic E-state index is 12.3. The Kier molecular flexibility index (Phi) is 4.32. The Morgan fingerprint density at radius 1 is 1.12 bits per heavy atom. The summed E-state index contributed by atoms with van der Waals surface area (Å²) in [5, 5.41) is 3.39. The minimum absolute atomic E-state index is 0.136. The average Bonchev–Trinajstić information content (AvgIpc) is 2.95. The van der Waals surface area contributed by atoms with Gasteiger partial charge in [0, 0.05) is 19.5 Å². The summed E-state index contributed by atoms with van der Waals surface area (Å²) in [4.78, 5) is 23.4. The topological polar surface area (TPSA) is 58.1 Å². The van der Waals surface area contributed by atoms with Crippen LogP contribution in [0.3, 0.4) is 0 Å². The van der Waals surface area contributed by atoms with Crippen molar-refractivity contribution in [2.75, 3.05) is 18.4 Å². The molecule has 1 amide bonds. The van der Waals surface area contributed by atoms with Crippen molar-refractivity contribution in [1.82, 2.24) is 14.9 Å². The van der Waals surface area contributed by atoms with E-state index in [1.807, 2.05) is 29.2 Å². The zero-order chi connectivity index (χ0) is 16.4. The molecule has 0 unspecified atom stereocenters. The van der Waals surface area contributed by atoms with Crippen LogP contribution in [-0.2, 0) is 4.79 Å². The van der Waals surface area contributed by atoms with E-state index in [0.29, 0.717) is 12.3 Å². The van der Waals surface area contributed by atoms with Crippen molar-refractivity contribution in [1.29, 1.82) is 0 Å². The molecule has 1 atom stereocenters. The molecular weight excluding hydrogens is 300 g/mol. The molecule has 1 N–H and O–H groups in total. The third kappa shape index (κ3) is 3.35. The van der Waals surface area contributed by atoms with Crippen LogP contribution >= 0.6 is 0 Å². The van der Waals surface area contributed by atoms with E-state index in [1.54, 1.807) is 6.20 Å². The number of nitrogens with zero attached hydrogens (tertiary/aromatic N) is 3. The lowest BCUT2D eigenvalue weighted by Crippen LogP contribution is -2.33. The molecule has 0 spiro atoms. The van der Waals surface area contributed by atoms with Crippen molar-refractivity contribution in [3.63, 3.8) is 0 Å². The third-order valence-electron chi connectivity index (χ3n) is 5.22. The highest BCUT2D eigenvalue weighted by Gasteiger charge is 2.31. The number of amides is 1. The van der Waals surface area contributed by atoms with Gasteiger partial charge in [-0.25, -0.2) is 4.98 Å². The van der Waals surface area contributed by atoms with Crippen molar-refractivity contribution >= 4 is 22.8 Å². The largest absolute Gasteiger partial charge is 0.364 e. The molecule has 2 fully saturated rings. The van der Waals surface area contributed by atoms with Gasteiger partial charge in [-0.05, 0) is 30.9 Å². The zero-order valence-electron chi connectivity index (χ0n) is 13.9. The van der Waals surface area contributed by atoms with Crippen LogP contribution in [-0.4, -0.2) is 39.9 Å². The fourth-order valence-corrected chi connectivity index (χ4v) is 3.96. The molecular formula is C19H24N4O. The molecule has 0 radical (unpaired) electrons. The van der Waals surface area contributed by atoms with Crippen LogP contribution in [0.4, 0.5) is 5.82 Å². The molecule has 5 nitrogen and oxygen atoms in total. The number of anilines is 1. The summed E-state index contributed by atoms with van der Waals surface area (Å²) in [5.41, 5.74) is 1.77. The molecule has 0 bridgehead atoms. The number of carbonyl (C=O) groups excluding carboxylic acids is 1. The van der Waals surface area contributed by atoms with Crippen molar-refractivity contribution in [3.8, 4) is 0 Å². The lowest BCUT2D eigenvalue weighted by Gasteiger charge is -2.27. The standard InChI is InChI=1S/C19H24N4O/c24-19-10-15(13-23(19)12-14-6-2-1-3-7-14)21-18-11-20-16-8-4-5-9-17(16)22-18/h4-5,8-9,11,14-15H,1-3,6-7,10,12-13H2,(H,21,22)/t15-/m0/s1. The van der Waals surface area contributed by atoms with E-state index in [-0.39, 0.29) is 11.9 Å². The quantitative estimate of drug-likeness (QED) is 0.938. The minimum atomic E-state index is 0.136. The highest BCUT2D eigenvalue weighted by molar-refractivity contribution is 5.80. The lowest BCUT2D eigenvalue weighted by atomic mass is 9.89. The second-order valence-corrected chi connectivity index (χ2v) is 7.09. The number of para-hydroxylation sites is 2. The molecule has 1 aliphatic carbocycles. The maximum absolute atomic E-state index is 12.3. The number of likely N-dealkylation sites (tertiary alicyclic amines) is 1. The van der Waals surface area contributed by atoms with Crippen LogP contribution in [0.2, 0.25) is 0 Å². The Morgan fingerprint density at radius 3 is 2.75 bits per heavy atom. The Labute approximate surface area is 142 Å². The molecule has 1 saturated heterocycles. The van der Waals surface area contributed by atoms with E-state index in [1.165, 1.54) is 32.1 Å². The summed E-state index contributed by atoms with van der Waals surface area (Å²) in [5.74, 6) is 1.72. The number of nitrogens with one attached hydrogen (secondary N) is 1. The molecule has 24 heavy (non-hydrogen) atoms. The van der Waals surface area contributed by atoms with Crippen LogP contribution < -0.4 is 5.32 Å². The van der Waals surface area contributed by atoms with Crippen molar-refractivity contribution in [2.45, 2.75) is 44.6 Å². The van der Waals surface area contributed by atoms with Crippen molar-refractivity contribution < 1.29 is 4.79 Å². The van der Waals surface area contributed by atoms with E-state index in [2.05, 4.69) is 15.3 Å². The molecule has 1 saturated carbocycles. The first kappa shape index (κ1) is 15.4. The van der Waals surface area contributed by atoms with Gasteiger partial charge in [0.2, 0.25) is 5.91 Å². The minimum Gasteiger partial charge on any atom is -0.364 e. The van der Waals surface area contributed by atoms with Crippen LogP contribution in [0.1, 0.15) is 38.5 Å². The van der Waals surface area contributed by atoms with E-state index >= 15 is 0 Å². The first-order chi connectivity index (χ1) is 11.8. The second kappa shape index (κ2) is 6.75. The van der Waals surface area contributed by atoms with Gasteiger partial charge in [0.05, 0.1) is 23.3 Å². The normalized spacial score (nSPS) is 22.2. The summed E-state index contributed by atoms with van der Waals surface area (Å²) < 4.78 is 0. The summed E-state index contributed by atoms with van der Waals surface area (Å²) in [6, 6.07) is 7.98. The van der Waals surface area contributed by atoms with Gasteiger partial charge in [0.1, 0.15) is 5.82 Å². The number of benzene rings is 1. The molecule has 1 aromatic heterocycles. The first-order valence-electron chi connectivity index (χ1n) is 9.04. The fraction of sp³-hybridized carbons (Fsp3) is 0.526. The molecule has 4 rings (SSSR count). The molecule has 1 aliphatic heterocycles. The zero-order valence-corrected chi connectivity index (χ0v) is 13.9. The van der Waals surface area contributed by atoms with Gasteiger partial charge in [-0.1, -0.05) is 31.4 Å². The van der Waals surface area contributed by atoms with E-state index in [9.17, 15) is 4.79 Å². The van der Waals surface area contributed by atoms with Gasteiger partial charge >= 0.3 is 0 Å². The summed E-state index contributed by atoms with van der Waals surface area (Å²) in [6.45, 7) is 1.71. The Hall–Kier alpha value is -2.17. The van der Waals surface area contributed by atoms with E-state index in [0.717, 1.165) is 29.9 Å². The highest BCUT2D eigenvalue weighted by atomic mass is 16.2. The van der Waals surface area contributed by atoms with Gasteiger partial charge < -0.3 is 10.2 Å².